The van der Waals surface area contributed by atoms with Gasteiger partial charge >= 0.3 is 6.09 Å². The molecule has 25 heavy (non-hydrogen) atoms. The number of benzene rings is 1. The van der Waals surface area contributed by atoms with E-state index in [0.29, 0.717) is 12.3 Å². The van der Waals surface area contributed by atoms with Crippen molar-refractivity contribution in [3.05, 3.63) is 29.3 Å². The van der Waals surface area contributed by atoms with Crippen LogP contribution in [0.4, 0.5) is 10.5 Å². The van der Waals surface area contributed by atoms with Gasteiger partial charge in [0.05, 0.1) is 10.7 Å². The Labute approximate surface area is 153 Å². The zero-order valence-corrected chi connectivity index (χ0v) is 15.9. The van der Waals surface area contributed by atoms with Gasteiger partial charge in [0.2, 0.25) is 0 Å². The van der Waals surface area contributed by atoms with Crippen molar-refractivity contribution in [2.45, 2.75) is 51.3 Å². The highest BCUT2D eigenvalue weighted by Crippen LogP contribution is 2.47. The maximum atomic E-state index is 11.9. The third kappa shape index (κ3) is 5.53. The van der Waals surface area contributed by atoms with E-state index < -0.39 is 6.09 Å². The quantitative estimate of drug-likeness (QED) is 0.536. The molecule has 0 bridgehead atoms. The van der Waals surface area contributed by atoms with Gasteiger partial charge in [-0.05, 0) is 32.4 Å². The molecular formula is C19H26N2O3S. The van der Waals surface area contributed by atoms with Crippen LogP contribution in [0.3, 0.4) is 0 Å². The number of nitrogens with one attached hydrogen (secondary N) is 1. The van der Waals surface area contributed by atoms with Crippen molar-refractivity contribution in [1.82, 2.24) is 5.32 Å². The fourth-order valence-corrected chi connectivity index (χ4v) is 3.83. The average molecular weight is 362 g/mol. The molecule has 1 N–H and O–H groups in total. The predicted octanol–water partition coefficient (Wildman–Crippen LogP) is 4.72. The average Bonchev–Trinajstić information content (AvgIpc) is 2.90. The molecule has 1 amide bonds. The number of carbonyl (C=O) groups is 2. The summed E-state index contributed by atoms with van der Waals surface area (Å²) < 4.78 is 5.38. The first-order valence-corrected chi connectivity index (χ1v) is 9.64. The number of allylic oxidation sites excluding steroid dienone is 1. The molecule has 2 rings (SSSR count). The summed E-state index contributed by atoms with van der Waals surface area (Å²) in [6, 6.07) is 5.56. The van der Waals surface area contributed by atoms with Crippen molar-refractivity contribution < 1.29 is 14.3 Å². The molecule has 1 aromatic carbocycles. The molecule has 0 spiro atoms. The number of fused-ring (bicyclic) bond motifs is 1. The maximum absolute atomic E-state index is 11.9. The van der Waals surface area contributed by atoms with Crippen LogP contribution >= 0.6 is 11.8 Å². The van der Waals surface area contributed by atoms with Crippen LogP contribution in [0.15, 0.2) is 34.2 Å². The Hall–Kier alpha value is -1.95. The van der Waals surface area contributed by atoms with Crippen molar-refractivity contribution in [1.29, 1.82) is 0 Å². The molecule has 1 aromatic rings. The normalized spacial score (nSPS) is 14.5. The molecule has 0 aromatic heterocycles. The summed E-state index contributed by atoms with van der Waals surface area (Å²) in [5.41, 5.74) is 0.966. The summed E-state index contributed by atoms with van der Waals surface area (Å²) in [7, 11) is 0. The number of anilines is 1. The number of rotatable bonds is 8. The van der Waals surface area contributed by atoms with Crippen LogP contribution in [-0.2, 0) is 4.79 Å². The molecule has 0 saturated heterocycles. The fraction of sp³-hybridized carbons (Fsp3) is 0.474. The van der Waals surface area contributed by atoms with E-state index in [9.17, 15) is 9.59 Å². The van der Waals surface area contributed by atoms with E-state index in [4.69, 9.17) is 4.74 Å². The lowest BCUT2D eigenvalue weighted by Gasteiger charge is -2.18. The number of hydrogen-bond acceptors (Lipinski definition) is 5. The minimum Gasteiger partial charge on any atom is -0.410 e. The van der Waals surface area contributed by atoms with E-state index in [-0.39, 0.29) is 5.78 Å². The van der Waals surface area contributed by atoms with Gasteiger partial charge in [0.15, 0.2) is 5.78 Å². The lowest BCUT2D eigenvalue weighted by Crippen LogP contribution is -2.27. The van der Waals surface area contributed by atoms with Crippen LogP contribution in [0, 0.1) is 0 Å². The third-order valence-corrected chi connectivity index (χ3v) is 4.97. The molecular weight excluding hydrogens is 336 g/mol. The molecule has 1 aliphatic rings. The van der Waals surface area contributed by atoms with Crippen molar-refractivity contribution >= 4 is 29.3 Å². The standard InChI is InChI=1S/C19H26N2O3S/c1-4-6-7-8-11-20-19(23)24-15-9-10-17-16(13-15)21(5-2)18(25-17)12-14(3)22/h9-10,12-13H,4-8,11H2,1-3H3,(H,20,23)/b18-12-. The summed E-state index contributed by atoms with van der Waals surface area (Å²) in [4.78, 5) is 26.4. The number of hydrogen-bond donors (Lipinski definition) is 1. The largest absolute Gasteiger partial charge is 0.412 e. The molecule has 0 atom stereocenters. The molecule has 5 nitrogen and oxygen atoms in total. The summed E-state index contributed by atoms with van der Waals surface area (Å²) in [6.45, 7) is 7.10. The van der Waals surface area contributed by atoms with Crippen LogP contribution in [0.1, 0.15) is 46.5 Å². The van der Waals surface area contributed by atoms with E-state index in [1.807, 2.05) is 19.1 Å². The maximum Gasteiger partial charge on any atom is 0.412 e. The second-order valence-corrected chi connectivity index (χ2v) is 7.01. The van der Waals surface area contributed by atoms with Gasteiger partial charge < -0.3 is 15.0 Å². The van der Waals surface area contributed by atoms with E-state index in [0.717, 1.165) is 35.0 Å². The Morgan fingerprint density at radius 3 is 2.72 bits per heavy atom. The topological polar surface area (TPSA) is 58.6 Å². The summed E-state index contributed by atoms with van der Waals surface area (Å²) in [5, 5.41) is 3.69. The second-order valence-electron chi connectivity index (χ2n) is 5.95. The van der Waals surface area contributed by atoms with Gasteiger partial charge in [0.25, 0.3) is 0 Å². The van der Waals surface area contributed by atoms with E-state index in [2.05, 4.69) is 17.1 Å². The Bertz CT molecular complexity index is 658. The van der Waals surface area contributed by atoms with Gasteiger partial charge in [-0.3, -0.25) is 4.79 Å². The number of amides is 1. The highest BCUT2D eigenvalue weighted by Gasteiger charge is 2.25. The van der Waals surface area contributed by atoms with Crippen LogP contribution in [0.2, 0.25) is 0 Å². The van der Waals surface area contributed by atoms with Crippen molar-refractivity contribution in [3.8, 4) is 5.75 Å². The van der Waals surface area contributed by atoms with Crippen molar-refractivity contribution in [2.75, 3.05) is 18.0 Å². The van der Waals surface area contributed by atoms with Crippen molar-refractivity contribution in [2.24, 2.45) is 0 Å². The van der Waals surface area contributed by atoms with Gasteiger partial charge in [0, 0.05) is 30.1 Å². The minimum atomic E-state index is -0.426. The monoisotopic (exact) mass is 362 g/mol. The molecule has 0 unspecified atom stereocenters. The summed E-state index contributed by atoms with van der Waals surface area (Å²) in [6.07, 6.45) is 5.64. The molecule has 0 radical (unpaired) electrons. The third-order valence-electron chi connectivity index (χ3n) is 3.85. The van der Waals surface area contributed by atoms with E-state index in [1.165, 1.54) is 12.8 Å². The fourth-order valence-electron chi connectivity index (χ4n) is 2.64. The van der Waals surface area contributed by atoms with E-state index >= 15 is 0 Å². The lowest BCUT2D eigenvalue weighted by molar-refractivity contribution is -0.112. The first-order valence-electron chi connectivity index (χ1n) is 8.82. The zero-order valence-electron chi connectivity index (χ0n) is 15.1. The first-order chi connectivity index (χ1) is 12.0. The lowest BCUT2D eigenvalue weighted by atomic mass is 10.2. The van der Waals surface area contributed by atoms with Gasteiger partial charge in [0.1, 0.15) is 5.75 Å². The Balaban J connectivity index is 1.98. The number of ether oxygens (including phenoxy) is 1. The number of carbonyl (C=O) groups excluding carboxylic acids is 2. The van der Waals surface area contributed by atoms with Crippen molar-refractivity contribution in [3.63, 3.8) is 0 Å². The number of unbranched alkanes of at least 4 members (excludes halogenated alkanes) is 3. The minimum absolute atomic E-state index is 0.0210. The van der Waals surface area contributed by atoms with Gasteiger partial charge in [-0.25, -0.2) is 4.79 Å². The number of ketones is 1. The van der Waals surface area contributed by atoms with Crippen LogP contribution in [-0.4, -0.2) is 25.0 Å². The summed E-state index contributed by atoms with van der Waals surface area (Å²) >= 11 is 1.56. The van der Waals surface area contributed by atoms with Crippen LogP contribution < -0.4 is 15.0 Å². The smallest absolute Gasteiger partial charge is 0.410 e. The SMILES string of the molecule is CCCCCCNC(=O)Oc1ccc2c(c1)N(CC)/C(=C/C(C)=O)S2. The van der Waals surface area contributed by atoms with E-state index in [1.54, 1.807) is 30.8 Å². The predicted molar refractivity (Wildman–Crippen MR) is 102 cm³/mol. The molecule has 136 valence electrons. The van der Waals surface area contributed by atoms with Gasteiger partial charge in [-0.2, -0.15) is 0 Å². The Morgan fingerprint density at radius 1 is 1.24 bits per heavy atom. The molecule has 0 saturated carbocycles. The highest BCUT2D eigenvalue weighted by atomic mass is 32.2. The van der Waals surface area contributed by atoms with Crippen LogP contribution in [0.5, 0.6) is 5.75 Å². The molecule has 1 heterocycles. The second kappa shape index (κ2) is 9.51. The van der Waals surface area contributed by atoms with Crippen LogP contribution in [0.25, 0.3) is 0 Å². The van der Waals surface area contributed by atoms with Gasteiger partial charge in [-0.1, -0.05) is 37.9 Å². The molecule has 6 heteroatoms. The zero-order chi connectivity index (χ0) is 18.2. The molecule has 0 aliphatic carbocycles. The van der Waals surface area contributed by atoms with Gasteiger partial charge in [-0.15, -0.1) is 0 Å². The molecule has 0 fully saturated rings. The number of thioether (sulfide) groups is 1. The Morgan fingerprint density at radius 2 is 2.04 bits per heavy atom. The first kappa shape index (κ1) is 19.4. The molecule has 1 aliphatic heterocycles. The number of nitrogens with zero attached hydrogens (tertiary/aromatic N) is 1. The summed E-state index contributed by atoms with van der Waals surface area (Å²) in [5.74, 6) is 0.528. The Kier molecular flexibility index (Phi) is 7.37. The highest BCUT2D eigenvalue weighted by molar-refractivity contribution is 8.03.